The van der Waals surface area contributed by atoms with Gasteiger partial charge in [0.1, 0.15) is 5.82 Å². The van der Waals surface area contributed by atoms with Gasteiger partial charge >= 0.3 is 0 Å². The maximum Gasteiger partial charge on any atom is 0.240 e. The summed E-state index contributed by atoms with van der Waals surface area (Å²) in [6.07, 6.45) is 3.99. The van der Waals surface area contributed by atoms with Crippen LogP contribution in [0.3, 0.4) is 0 Å². The lowest BCUT2D eigenvalue weighted by Crippen LogP contribution is -2.43. The summed E-state index contributed by atoms with van der Waals surface area (Å²) in [6, 6.07) is 6.65. The Labute approximate surface area is 143 Å². The van der Waals surface area contributed by atoms with Crippen LogP contribution in [0.4, 0.5) is 10.1 Å². The molecule has 1 atom stereocenters. The number of carbonyl (C=O) groups excluding carboxylic acids is 1. The van der Waals surface area contributed by atoms with Crippen molar-refractivity contribution in [2.75, 3.05) is 11.4 Å². The van der Waals surface area contributed by atoms with E-state index < -0.39 is 0 Å². The Kier molecular flexibility index (Phi) is 4.22. The number of rotatable bonds is 5. The molecule has 4 rings (SSSR count). The second-order valence-corrected chi connectivity index (χ2v) is 7.37. The zero-order valence-electron chi connectivity index (χ0n) is 13.1. The Bertz CT molecular complexity index is 748. The van der Waals surface area contributed by atoms with Crippen LogP contribution in [0.1, 0.15) is 37.5 Å². The zero-order valence-corrected chi connectivity index (χ0v) is 14.0. The number of piperidine rings is 1. The lowest BCUT2D eigenvalue weighted by Gasteiger charge is -2.32. The van der Waals surface area contributed by atoms with Gasteiger partial charge in [-0.25, -0.2) is 9.07 Å². The van der Waals surface area contributed by atoms with Crippen molar-refractivity contribution in [2.45, 2.75) is 42.7 Å². The minimum absolute atomic E-state index is 0.0438. The van der Waals surface area contributed by atoms with Gasteiger partial charge in [0, 0.05) is 12.2 Å². The first-order chi connectivity index (χ1) is 11.7. The molecule has 2 aromatic rings. The molecule has 2 heterocycles. The highest BCUT2D eigenvalue weighted by Crippen LogP contribution is 2.36. The van der Waals surface area contributed by atoms with Crippen LogP contribution in [0.2, 0.25) is 0 Å². The van der Waals surface area contributed by atoms with E-state index in [9.17, 15) is 9.18 Å². The zero-order chi connectivity index (χ0) is 16.5. The molecule has 1 saturated heterocycles. The molecular weight excluding hydrogens is 329 g/mol. The summed E-state index contributed by atoms with van der Waals surface area (Å²) in [4.78, 5) is 14.4. The molecule has 1 aliphatic heterocycles. The fraction of sp³-hybridized carbons (Fsp3) is 0.500. The third-order valence-corrected chi connectivity index (χ3v) is 5.64. The summed E-state index contributed by atoms with van der Waals surface area (Å²) in [5.74, 6) is 1.18. The largest absolute Gasteiger partial charge is 0.311 e. The first kappa shape index (κ1) is 15.6. The molecular formula is C16H18FN5OS. The van der Waals surface area contributed by atoms with Gasteiger partial charge in [-0.15, -0.1) is 16.9 Å². The molecule has 1 saturated carbocycles. The third-order valence-electron chi connectivity index (χ3n) is 4.38. The standard InChI is InChI=1S/C16H18FN5OS/c17-11-3-1-4-13(9-11)21-8-2-5-14(16(21)23)24-10-15-18-19-20-22(15)12-6-7-12/h1,3-4,9,12,14H,2,5-8,10H2. The Balaban J connectivity index is 1.43. The Morgan fingerprint density at radius 3 is 2.96 bits per heavy atom. The number of carbonyl (C=O) groups is 1. The van der Waals surface area contributed by atoms with E-state index in [1.165, 1.54) is 12.1 Å². The van der Waals surface area contributed by atoms with Crippen molar-refractivity contribution in [1.82, 2.24) is 20.2 Å². The van der Waals surface area contributed by atoms with Gasteiger partial charge in [-0.1, -0.05) is 6.07 Å². The van der Waals surface area contributed by atoms with Crippen LogP contribution < -0.4 is 4.90 Å². The van der Waals surface area contributed by atoms with Crippen LogP contribution in [-0.4, -0.2) is 37.9 Å². The minimum Gasteiger partial charge on any atom is -0.311 e. The normalized spacial score (nSPS) is 21.3. The van der Waals surface area contributed by atoms with Gasteiger partial charge in [0.25, 0.3) is 0 Å². The predicted molar refractivity (Wildman–Crippen MR) is 89.2 cm³/mol. The molecule has 0 spiro atoms. The van der Waals surface area contributed by atoms with Crippen molar-refractivity contribution in [3.05, 3.63) is 35.9 Å². The van der Waals surface area contributed by atoms with Crippen molar-refractivity contribution in [2.24, 2.45) is 0 Å². The van der Waals surface area contributed by atoms with E-state index in [-0.39, 0.29) is 17.0 Å². The number of nitrogens with zero attached hydrogens (tertiary/aromatic N) is 5. The molecule has 1 aromatic heterocycles. The third kappa shape index (κ3) is 3.15. The number of amides is 1. The first-order valence-corrected chi connectivity index (χ1v) is 9.22. The topological polar surface area (TPSA) is 63.9 Å². The molecule has 126 valence electrons. The maximum atomic E-state index is 13.4. The highest BCUT2D eigenvalue weighted by molar-refractivity contribution is 7.99. The summed E-state index contributed by atoms with van der Waals surface area (Å²) in [5.41, 5.74) is 0.633. The number of halogens is 1. The number of tetrazole rings is 1. The van der Waals surface area contributed by atoms with Gasteiger partial charge in [0.2, 0.25) is 5.91 Å². The van der Waals surface area contributed by atoms with E-state index in [0.717, 1.165) is 31.5 Å². The average molecular weight is 347 g/mol. The van der Waals surface area contributed by atoms with Crippen molar-refractivity contribution >= 4 is 23.4 Å². The van der Waals surface area contributed by atoms with E-state index in [1.54, 1.807) is 28.8 Å². The van der Waals surface area contributed by atoms with Gasteiger partial charge in [0.05, 0.1) is 17.0 Å². The molecule has 24 heavy (non-hydrogen) atoms. The van der Waals surface area contributed by atoms with Crippen LogP contribution in [0.25, 0.3) is 0 Å². The lowest BCUT2D eigenvalue weighted by atomic mass is 10.1. The Morgan fingerprint density at radius 2 is 2.17 bits per heavy atom. The van der Waals surface area contributed by atoms with E-state index in [2.05, 4.69) is 15.5 Å². The molecule has 2 fully saturated rings. The predicted octanol–water partition coefficient (Wildman–Crippen LogP) is 2.58. The smallest absolute Gasteiger partial charge is 0.240 e. The van der Waals surface area contributed by atoms with Crippen LogP contribution in [0.15, 0.2) is 24.3 Å². The summed E-state index contributed by atoms with van der Waals surface area (Å²) in [7, 11) is 0. The molecule has 8 heteroatoms. The highest BCUT2D eigenvalue weighted by Gasteiger charge is 2.32. The molecule has 1 amide bonds. The Morgan fingerprint density at radius 1 is 1.29 bits per heavy atom. The van der Waals surface area contributed by atoms with Gasteiger partial charge < -0.3 is 4.90 Å². The fourth-order valence-electron chi connectivity index (χ4n) is 2.98. The van der Waals surface area contributed by atoms with Crippen molar-refractivity contribution in [3.63, 3.8) is 0 Å². The van der Waals surface area contributed by atoms with E-state index in [4.69, 9.17) is 0 Å². The quantitative estimate of drug-likeness (QED) is 0.832. The number of anilines is 1. The molecule has 0 bridgehead atoms. The molecule has 2 aliphatic rings. The molecule has 0 radical (unpaired) electrons. The number of benzene rings is 1. The van der Waals surface area contributed by atoms with E-state index >= 15 is 0 Å². The van der Waals surface area contributed by atoms with Crippen LogP contribution in [-0.2, 0) is 10.5 Å². The number of hydrogen-bond donors (Lipinski definition) is 0. The van der Waals surface area contributed by atoms with Gasteiger partial charge in [-0.05, 0) is 54.3 Å². The lowest BCUT2D eigenvalue weighted by molar-refractivity contribution is -0.119. The van der Waals surface area contributed by atoms with Gasteiger partial charge in [-0.2, -0.15) is 0 Å². The SMILES string of the molecule is O=C1C(SCc2nnnn2C2CC2)CCCN1c1cccc(F)c1. The van der Waals surface area contributed by atoms with Crippen molar-refractivity contribution in [3.8, 4) is 0 Å². The molecule has 0 N–H and O–H groups in total. The number of hydrogen-bond acceptors (Lipinski definition) is 5. The van der Waals surface area contributed by atoms with E-state index in [0.29, 0.717) is 24.0 Å². The number of thioether (sulfide) groups is 1. The van der Waals surface area contributed by atoms with Gasteiger partial charge in [0.15, 0.2) is 5.82 Å². The first-order valence-electron chi connectivity index (χ1n) is 8.17. The van der Waals surface area contributed by atoms with Crippen LogP contribution >= 0.6 is 11.8 Å². The second-order valence-electron chi connectivity index (χ2n) is 6.18. The van der Waals surface area contributed by atoms with Crippen molar-refractivity contribution in [1.29, 1.82) is 0 Å². The second kappa shape index (κ2) is 6.51. The van der Waals surface area contributed by atoms with Crippen molar-refractivity contribution < 1.29 is 9.18 Å². The molecule has 6 nitrogen and oxygen atoms in total. The maximum absolute atomic E-state index is 13.4. The summed E-state index contributed by atoms with van der Waals surface area (Å²) in [6.45, 7) is 0.638. The summed E-state index contributed by atoms with van der Waals surface area (Å²) < 4.78 is 15.3. The monoisotopic (exact) mass is 347 g/mol. The fourth-order valence-corrected chi connectivity index (χ4v) is 4.13. The average Bonchev–Trinajstić information content (AvgIpc) is 3.32. The minimum atomic E-state index is -0.321. The summed E-state index contributed by atoms with van der Waals surface area (Å²) >= 11 is 1.58. The van der Waals surface area contributed by atoms with Gasteiger partial charge in [-0.3, -0.25) is 4.79 Å². The molecule has 1 aliphatic carbocycles. The highest BCUT2D eigenvalue weighted by atomic mass is 32.2. The molecule has 1 unspecified atom stereocenters. The van der Waals surface area contributed by atoms with Crippen LogP contribution in [0, 0.1) is 5.82 Å². The van der Waals surface area contributed by atoms with Crippen LogP contribution in [0.5, 0.6) is 0 Å². The number of aromatic nitrogens is 4. The molecule has 1 aromatic carbocycles. The van der Waals surface area contributed by atoms with E-state index in [1.807, 2.05) is 4.68 Å². The Hall–Kier alpha value is -1.96. The summed E-state index contributed by atoms with van der Waals surface area (Å²) in [5, 5.41) is 11.7.